The SMILES string of the molecule is CC.CC(C)C(=O)C1=CC=C1.COc1ccc(-c2ccnc3cc(C(=O)C(C)CCc4ccc(C)cc4)nn23)cc1C.[HH].[HH]. The zero-order valence-electron chi connectivity index (χ0n) is 26.1. The van der Waals surface area contributed by atoms with Gasteiger partial charge in [-0.1, -0.05) is 82.7 Å². The number of allylic oxidation sites excluding steroid dienone is 4. The van der Waals surface area contributed by atoms with Crippen molar-refractivity contribution in [2.24, 2.45) is 11.8 Å². The standard InChI is InChI=1S/C26H27N3O2.C8H10O.C2H6.2H2/c1-17-5-8-20(9-6-17)10-7-18(2)26(30)22-16-25-27-14-13-23(29(25)28-22)21-11-12-24(31-4)19(3)15-21;1-6(2)8(9)7-4-3-5-7;1-2;;/h5-6,8-9,11-16,18H,7,10H2,1-4H3;3-6H,1-2H3;1-2H3;2*1H. The van der Waals surface area contributed by atoms with E-state index in [2.05, 4.69) is 47.3 Å². The molecule has 2 heterocycles. The van der Waals surface area contributed by atoms with Crippen LogP contribution >= 0.6 is 0 Å². The van der Waals surface area contributed by atoms with Crippen LogP contribution in [0.5, 0.6) is 5.75 Å². The van der Waals surface area contributed by atoms with Crippen LogP contribution in [0.25, 0.3) is 16.9 Å². The summed E-state index contributed by atoms with van der Waals surface area (Å²) in [6, 6.07) is 18.2. The molecular formula is C36H47N3O3. The number of ketones is 2. The number of aromatic nitrogens is 3. The zero-order valence-corrected chi connectivity index (χ0v) is 26.1. The second-order valence-electron chi connectivity index (χ2n) is 10.6. The number of fused-ring (bicyclic) bond motifs is 1. The first-order valence-corrected chi connectivity index (χ1v) is 14.7. The second-order valence-corrected chi connectivity index (χ2v) is 10.6. The molecule has 0 N–H and O–H groups in total. The summed E-state index contributed by atoms with van der Waals surface area (Å²) in [6.07, 6.45) is 8.99. The minimum Gasteiger partial charge on any atom is -0.496 e. The number of carbonyl (C=O) groups excluding carboxylic acids is 2. The van der Waals surface area contributed by atoms with Gasteiger partial charge in [0.15, 0.2) is 17.2 Å². The van der Waals surface area contributed by atoms with E-state index in [1.54, 1.807) is 23.9 Å². The van der Waals surface area contributed by atoms with Crippen molar-refractivity contribution in [3.8, 4) is 17.0 Å². The van der Waals surface area contributed by atoms with Crippen LogP contribution in [0.1, 0.15) is 71.1 Å². The molecule has 224 valence electrons. The van der Waals surface area contributed by atoms with Gasteiger partial charge >= 0.3 is 0 Å². The van der Waals surface area contributed by atoms with Crippen LogP contribution < -0.4 is 4.74 Å². The summed E-state index contributed by atoms with van der Waals surface area (Å²) >= 11 is 0. The molecule has 0 fully saturated rings. The maximum Gasteiger partial charge on any atom is 0.185 e. The molecule has 2 aromatic heterocycles. The first kappa shape index (κ1) is 32.2. The lowest BCUT2D eigenvalue weighted by atomic mass is 9.95. The molecule has 1 aliphatic rings. The number of Topliss-reactive ketones (excluding diaryl/α,β-unsaturated/α-hetero) is 2. The van der Waals surface area contributed by atoms with E-state index in [-0.39, 0.29) is 26.3 Å². The molecule has 4 aromatic rings. The van der Waals surface area contributed by atoms with Gasteiger partial charge in [0.05, 0.1) is 12.8 Å². The summed E-state index contributed by atoms with van der Waals surface area (Å²) in [5.74, 6) is 1.17. The van der Waals surface area contributed by atoms with E-state index in [0.29, 0.717) is 11.3 Å². The molecule has 6 nitrogen and oxygen atoms in total. The third kappa shape index (κ3) is 7.90. The van der Waals surface area contributed by atoms with E-state index in [1.807, 2.05) is 78.0 Å². The van der Waals surface area contributed by atoms with E-state index in [0.717, 1.165) is 41.0 Å². The minimum absolute atomic E-state index is 0. The highest BCUT2D eigenvalue weighted by atomic mass is 16.5. The Morgan fingerprint density at radius 2 is 1.64 bits per heavy atom. The fourth-order valence-corrected chi connectivity index (χ4v) is 4.48. The number of hydrogen-bond acceptors (Lipinski definition) is 5. The monoisotopic (exact) mass is 569 g/mol. The van der Waals surface area contributed by atoms with Crippen LogP contribution in [0, 0.1) is 25.7 Å². The van der Waals surface area contributed by atoms with Gasteiger partial charge in [-0.25, -0.2) is 9.50 Å². The predicted molar refractivity (Wildman–Crippen MR) is 175 cm³/mol. The van der Waals surface area contributed by atoms with E-state index in [9.17, 15) is 9.59 Å². The molecule has 2 aromatic carbocycles. The van der Waals surface area contributed by atoms with Gasteiger partial charge in [-0.3, -0.25) is 9.59 Å². The lowest BCUT2D eigenvalue weighted by molar-refractivity contribution is -0.118. The van der Waals surface area contributed by atoms with Crippen molar-refractivity contribution in [1.29, 1.82) is 0 Å². The minimum atomic E-state index is -0.113. The Labute approximate surface area is 253 Å². The van der Waals surface area contributed by atoms with Gasteiger partial charge in [-0.15, -0.1) is 0 Å². The van der Waals surface area contributed by atoms with Gasteiger partial charge in [-0.2, -0.15) is 5.10 Å². The summed E-state index contributed by atoms with van der Waals surface area (Å²) in [5.41, 5.74) is 7.42. The van der Waals surface area contributed by atoms with Crippen LogP contribution in [0.4, 0.5) is 0 Å². The number of aryl methyl sites for hydroxylation is 3. The maximum atomic E-state index is 13.1. The number of carbonyl (C=O) groups is 2. The van der Waals surface area contributed by atoms with Crippen molar-refractivity contribution in [1.82, 2.24) is 14.6 Å². The van der Waals surface area contributed by atoms with Crippen LogP contribution in [-0.4, -0.2) is 33.3 Å². The lowest BCUT2D eigenvalue weighted by Gasteiger charge is -2.09. The van der Waals surface area contributed by atoms with E-state index in [4.69, 9.17) is 4.74 Å². The quantitative estimate of drug-likeness (QED) is 0.189. The van der Waals surface area contributed by atoms with Gasteiger partial charge in [0.25, 0.3) is 0 Å². The third-order valence-electron chi connectivity index (χ3n) is 7.10. The first-order chi connectivity index (χ1) is 20.2. The smallest absolute Gasteiger partial charge is 0.185 e. The molecule has 1 aliphatic carbocycles. The molecule has 42 heavy (non-hydrogen) atoms. The Hall–Kier alpha value is -4.32. The number of hydrogen-bond donors (Lipinski definition) is 0. The Morgan fingerprint density at radius 1 is 0.952 bits per heavy atom. The number of nitrogens with zero attached hydrogens (tertiary/aromatic N) is 3. The molecular weight excluding hydrogens is 522 g/mol. The summed E-state index contributed by atoms with van der Waals surface area (Å²) in [5, 5.41) is 4.62. The number of rotatable bonds is 9. The topological polar surface area (TPSA) is 73.6 Å². The molecule has 0 bridgehead atoms. The normalized spacial score (nSPS) is 12.4. The highest BCUT2D eigenvalue weighted by Gasteiger charge is 2.20. The van der Waals surface area contributed by atoms with Crippen LogP contribution in [0.3, 0.4) is 0 Å². The molecule has 0 saturated carbocycles. The molecule has 0 spiro atoms. The van der Waals surface area contributed by atoms with Crippen molar-refractivity contribution in [2.75, 3.05) is 7.11 Å². The molecule has 5 rings (SSSR count). The van der Waals surface area contributed by atoms with Gasteiger partial charge in [-0.05, 0) is 62.1 Å². The number of methoxy groups -OCH3 is 1. The highest BCUT2D eigenvalue weighted by molar-refractivity contribution is 6.01. The van der Waals surface area contributed by atoms with E-state index in [1.165, 1.54) is 11.1 Å². The average molecular weight is 570 g/mol. The lowest BCUT2D eigenvalue weighted by Crippen LogP contribution is -2.13. The first-order valence-electron chi connectivity index (χ1n) is 14.7. The van der Waals surface area contributed by atoms with Crippen molar-refractivity contribution in [2.45, 2.75) is 61.3 Å². The van der Waals surface area contributed by atoms with Crippen molar-refractivity contribution in [3.05, 3.63) is 107 Å². The fraction of sp³-hybridized carbons (Fsp3) is 0.333. The third-order valence-corrected chi connectivity index (χ3v) is 7.10. The summed E-state index contributed by atoms with van der Waals surface area (Å²) in [7, 11) is 1.66. The zero-order chi connectivity index (χ0) is 30.8. The Morgan fingerprint density at radius 3 is 2.19 bits per heavy atom. The second kappa shape index (κ2) is 15.1. The van der Waals surface area contributed by atoms with E-state index >= 15 is 0 Å². The van der Waals surface area contributed by atoms with Gasteiger partial charge in [0.1, 0.15) is 11.4 Å². The maximum absolute atomic E-state index is 13.1. The van der Waals surface area contributed by atoms with Crippen molar-refractivity contribution in [3.63, 3.8) is 0 Å². The molecule has 1 unspecified atom stereocenters. The van der Waals surface area contributed by atoms with Crippen molar-refractivity contribution < 1.29 is 17.2 Å². The molecule has 0 radical (unpaired) electrons. The van der Waals surface area contributed by atoms with Crippen molar-refractivity contribution >= 4 is 17.2 Å². The fourth-order valence-electron chi connectivity index (χ4n) is 4.48. The summed E-state index contributed by atoms with van der Waals surface area (Å²) in [6.45, 7) is 13.9. The largest absolute Gasteiger partial charge is 0.496 e. The Bertz CT molecular complexity index is 1590. The van der Waals surface area contributed by atoms with Crippen LogP contribution in [0.2, 0.25) is 0 Å². The Kier molecular flexibility index (Phi) is 11.5. The Balaban J connectivity index is 0.000000637. The summed E-state index contributed by atoms with van der Waals surface area (Å²) < 4.78 is 7.12. The number of ether oxygens (including phenoxy) is 1. The number of benzene rings is 2. The predicted octanol–water partition coefficient (Wildman–Crippen LogP) is 8.70. The van der Waals surface area contributed by atoms with Gasteiger partial charge < -0.3 is 4.74 Å². The summed E-state index contributed by atoms with van der Waals surface area (Å²) in [4.78, 5) is 28.5. The van der Waals surface area contributed by atoms with Crippen LogP contribution in [0.15, 0.2) is 84.6 Å². The van der Waals surface area contributed by atoms with Gasteiger partial charge in [0, 0.05) is 38.1 Å². The molecule has 0 aliphatic heterocycles. The van der Waals surface area contributed by atoms with Gasteiger partial charge in [0.2, 0.25) is 0 Å². The molecule has 6 heteroatoms. The molecule has 1 atom stereocenters. The van der Waals surface area contributed by atoms with Crippen LogP contribution in [-0.2, 0) is 11.2 Å². The highest BCUT2D eigenvalue weighted by Crippen LogP contribution is 2.27. The molecule has 0 saturated heterocycles. The molecule has 0 amide bonds. The average Bonchev–Trinajstić information content (AvgIpc) is 3.41. The van der Waals surface area contributed by atoms with E-state index < -0.39 is 0 Å².